The molecule has 0 aliphatic carbocycles. The first kappa shape index (κ1) is 15.1. The lowest BCUT2D eigenvalue weighted by Crippen LogP contribution is -2.09. The molecule has 0 saturated heterocycles. The summed E-state index contributed by atoms with van der Waals surface area (Å²) >= 11 is 0. The van der Waals surface area contributed by atoms with E-state index in [2.05, 4.69) is 0 Å². The van der Waals surface area contributed by atoms with Crippen LogP contribution in [0.5, 0.6) is 0 Å². The summed E-state index contributed by atoms with van der Waals surface area (Å²) in [7, 11) is -6.52. The number of benzene rings is 1. The quantitative estimate of drug-likeness (QED) is 0.595. The van der Waals surface area contributed by atoms with E-state index in [0.29, 0.717) is 0 Å². The van der Waals surface area contributed by atoms with E-state index in [4.69, 9.17) is 0 Å². The van der Waals surface area contributed by atoms with Crippen molar-refractivity contribution in [1.29, 1.82) is 0 Å². The molecule has 0 heterocycles. The monoisotopic (exact) mass is 261 g/mol. The topological polar surface area (TPSA) is 74.6 Å². The van der Waals surface area contributed by atoms with Gasteiger partial charge in [0.25, 0.3) is 0 Å². The Morgan fingerprint density at radius 3 is 1.20 bits per heavy atom. The smallest absolute Gasteiger partial charge is 0.226 e. The third-order valence-corrected chi connectivity index (χ3v) is 4.32. The van der Waals surface area contributed by atoms with Crippen LogP contribution in [0.25, 0.3) is 0 Å². The average molecular weight is 261 g/mol. The minimum atomic E-state index is -3.26. The highest BCUT2D eigenvalue weighted by Gasteiger charge is 2.17. The van der Waals surface area contributed by atoms with Crippen LogP contribution >= 0.6 is 14.7 Å². The Balaban J connectivity index is 0.00000196. The second-order valence-corrected chi connectivity index (χ2v) is 7.82. The molecule has 0 aromatic heterocycles. The predicted octanol–water partition coefficient (Wildman–Crippen LogP) is 0.357. The second kappa shape index (κ2) is 4.98. The Hall–Kier alpha value is 0.132. The van der Waals surface area contributed by atoms with E-state index in [1.807, 2.05) is 0 Å². The molecule has 1 aromatic carbocycles. The van der Waals surface area contributed by atoms with E-state index < -0.39 is 14.7 Å². The van der Waals surface area contributed by atoms with Crippen LogP contribution < -0.4 is 10.6 Å². The van der Waals surface area contributed by atoms with Crippen molar-refractivity contribution in [2.45, 2.75) is 0 Å². The van der Waals surface area contributed by atoms with Crippen LogP contribution in [-0.4, -0.2) is 40.5 Å². The second-order valence-electron chi connectivity index (χ2n) is 3.27. The van der Waals surface area contributed by atoms with E-state index in [1.165, 1.54) is 37.6 Å². The summed E-state index contributed by atoms with van der Waals surface area (Å²) in [4.78, 5) is 18.4. The first-order valence-electron chi connectivity index (χ1n) is 3.93. The van der Waals surface area contributed by atoms with E-state index in [9.17, 15) is 18.9 Å². The van der Waals surface area contributed by atoms with Crippen LogP contribution in [0, 0.1) is 0 Å². The van der Waals surface area contributed by atoms with Gasteiger partial charge in [-0.05, 0) is 24.3 Å². The number of hydrogen-bond acceptors (Lipinski definition) is 2. The van der Waals surface area contributed by atoms with Crippen molar-refractivity contribution in [3.8, 4) is 0 Å². The highest BCUT2D eigenvalue weighted by Crippen LogP contribution is 2.36. The van der Waals surface area contributed by atoms with Crippen molar-refractivity contribution >= 4 is 42.7 Å². The maximum atomic E-state index is 11.2. The van der Waals surface area contributed by atoms with Crippen LogP contribution in [0.3, 0.4) is 0 Å². The van der Waals surface area contributed by atoms with Gasteiger partial charge < -0.3 is 9.79 Å². The van der Waals surface area contributed by atoms with Crippen LogP contribution in [-0.2, 0) is 9.13 Å². The highest BCUT2D eigenvalue weighted by molar-refractivity contribution is 7.66. The Bertz CT molecular complexity index is 376. The fraction of sp³-hybridized carbons (Fsp3) is 0.250. The molecule has 3 radical (unpaired) electrons. The summed E-state index contributed by atoms with van der Waals surface area (Å²) in [5, 5.41) is 0.574. The molecular formula is C8H12AlO4P2. The zero-order valence-electron chi connectivity index (χ0n) is 8.49. The molecule has 1 rings (SSSR count). The van der Waals surface area contributed by atoms with Crippen LogP contribution in [0.2, 0.25) is 0 Å². The molecule has 0 saturated carbocycles. The van der Waals surface area contributed by atoms with E-state index in [1.54, 1.807) is 0 Å². The first-order chi connectivity index (χ1) is 6.21. The first-order valence-corrected chi connectivity index (χ1v) is 8.14. The van der Waals surface area contributed by atoms with Gasteiger partial charge in [-0.3, -0.25) is 9.13 Å². The van der Waals surface area contributed by atoms with Gasteiger partial charge in [-0.1, -0.05) is 0 Å². The minimum Gasteiger partial charge on any atom is -0.341 e. The fourth-order valence-electron chi connectivity index (χ4n) is 1.01. The van der Waals surface area contributed by atoms with Crippen molar-refractivity contribution in [3.63, 3.8) is 0 Å². The molecule has 15 heavy (non-hydrogen) atoms. The Labute approximate surface area is 99.4 Å². The molecule has 0 amide bonds. The minimum absolute atomic E-state index is 0. The van der Waals surface area contributed by atoms with Gasteiger partial charge in [0.15, 0.2) is 0 Å². The molecule has 81 valence electrons. The Kier molecular flexibility index (Phi) is 5.02. The molecule has 0 aliphatic heterocycles. The summed E-state index contributed by atoms with van der Waals surface area (Å²) in [6, 6.07) is 5.62. The van der Waals surface area contributed by atoms with Crippen LogP contribution in [0.15, 0.2) is 24.3 Å². The Morgan fingerprint density at radius 1 is 0.867 bits per heavy atom. The Morgan fingerprint density at radius 2 is 1.07 bits per heavy atom. The molecule has 2 unspecified atom stereocenters. The largest absolute Gasteiger partial charge is 0.341 e. The maximum absolute atomic E-state index is 11.2. The maximum Gasteiger partial charge on any atom is 0.226 e. The van der Waals surface area contributed by atoms with Crippen molar-refractivity contribution in [1.82, 2.24) is 0 Å². The van der Waals surface area contributed by atoms with Gasteiger partial charge in [0, 0.05) is 41.3 Å². The molecule has 7 heteroatoms. The molecule has 0 spiro atoms. The standard InChI is InChI=1S/C8H12O4P2.Al/c1-13(9,10)7-3-5-8(6-4-7)14(2,11)12;/h3-6H,1-2H3,(H,9,10)(H,11,12);. The zero-order valence-corrected chi connectivity index (χ0v) is 11.4. The van der Waals surface area contributed by atoms with Gasteiger partial charge in [0.1, 0.15) is 0 Å². The van der Waals surface area contributed by atoms with E-state index in [-0.39, 0.29) is 28.0 Å². The molecule has 4 nitrogen and oxygen atoms in total. The summed E-state index contributed by atoms with van der Waals surface area (Å²) in [5.74, 6) is 0. The SMILES string of the molecule is CP(=O)(O)c1ccc(P(C)(=O)O)cc1.[Al]. The van der Waals surface area contributed by atoms with Gasteiger partial charge in [0.2, 0.25) is 14.7 Å². The lowest BCUT2D eigenvalue weighted by molar-refractivity contribution is 0.494. The lowest BCUT2D eigenvalue weighted by Gasteiger charge is -2.08. The summed E-state index contributed by atoms with van der Waals surface area (Å²) in [6.07, 6.45) is 0. The summed E-state index contributed by atoms with van der Waals surface area (Å²) < 4.78 is 22.4. The van der Waals surface area contributed by atoms with Gasteiger partial charge in [0.05, 0.1) is 0 Å². The van der Waals surface area contributed by atoms with Crippen molar-refractivity contribution in [3.05, 3.63) is 24.3 Å². The van der Waals surface area contributed by atoms with Gasteiger partial charge >= 0.3 is 0 Å². The van der Waals surface area contributed by atoms with Gasteiger partial charge in [-0.2, -0.15) is 0 Å². The molecule has 2 N–H and O–H groups in total. The lowest BCUT2D eigenvalue weighted by atomic mass is 10.4. The number of hydrogen-bond donors (Lipinski definition) is 2. The van der Waals surface area contributed by atoms with Crippen molar-refractivity contribution < 1.29 is 18.9 Å². The highest BCUT2D eigenvalue weighted by atomic mass is 31.2. The molecular weight excluding hydrogens is 249 g/mol. The third-order valence-electron chi connectivity index (χ3n) is 1.81. The molecule has 0 bridgehead atoms. The summed E-state index contributed by atoms with van der Waals surface area (Å²) in [6.45, 7) is 2.46. The van der Waals surface area contributed by atoms with Crippen molar-refractivity contribution in [2.24, 2.45) is 0 Å². The normalized spacial score (nSPS) is 18.4. The zero-order chi connectivity index (χ0) is 11.0. The van der Waals surface area contributed by atoms with Crippen LogP contribution in [0.4, 0.5) is 0 Å². The molecule has 2 atom stereocenters. The predicted molar refractivity (Wildman–Crippen MR) is 63.0 cm³/mol. The van der Waals surface area contributed by atoms with Gasteiger partial charge in [-0.15, -0.1) is 0 Å². The van der Waals surface area contributed by atoms with E-state index >= 15 is 0 Å². The molecule has 1 aromatic rings. The molecule has 0 fully saturated rings. The van der Waals surface area contributed by atoms with Gasteiger partial charge in [-0.25, -0.2) is 0 Å². The third kappa shape index (κ3) is 4.25. The van der Waals surface area contributed by atoms with Crippen LogP contribution in [0.1, 0.15) is 0 Å². The fourth-order valence-corrected chi connectivity index (χ4v) is 2.41. The molecule has 0 aliphatic rings. The average Bonchev–Trinajstić information content (AvgIpc) is 2.01. The summed E-state index contributed by atoms with van der Waals surface area (Å²) in [5.41, 5.74) is 0. The number of rotatable bonds is 2. The van der Waals surface area contributed by atoms with E-state index in [0.717, 1.165) is 0 Å². The van der Waals surface area contributed by atoms with Crippen molar-refractivity contribution in [2.75, 3.05) is 13.3 Å².